The third-order valence-electron chi connectivity index (χ3n) is 4.75. The van der Waals surface area contributed by atoms with Crippen LogP contribution in [-0.4, -0.2) is 62.2 Å². The molecule has 32 heavy (non-hydrogen) atoms. The van der Waals surface area contributed by atoms with Crippen molar-refractivity contribution in [1.82, 2.24) is 20.9 Å². The summed E-state index contributed by atoms with van der Waals surface area (Å²) in [7, 11) is 5.33. The number of nitrogens with zero attached hydrogens (tertiary/aromatic N) is 2. The number of hydrogen-bond acceptors (Lipinski definition) is 4. The summed E-state index contributed by atoms with van der Waals surface area (Å²) in [6.45, 7) is 11.0. The van der Waals surface area contributed by atoms with E-state index in [1.165, 1.54) is 0 Å². The molecule has 182 valence electrons. The summed E-state index contributed by atoms with van der Waals surface area (Å²) in [4.78, 5) is 30.2. The van der Waals surface area contributed by atoms with Gasteiger partial charge < -0.3 is 25.6 Å². The topological polar surface area (TPSA) is 95.1 Å². The largest absolute Gasteiger partial charge is 0.444 e. The van der Waals surface area contributed by atoms with E-state index < -0.39 is 11.7 Å². The Morgan fingerprint density at radius 2 is 1.75 bits per heavy atom. The number of nitrogens with one attached hydrogen (secondary N) is 3. The standard InChI is InChI=1S/C23H39N5O3.HI/c1-16(2)19(27-22(30)31-23(3,4)5)13-14-28(8)21(25-7)26-15-17-9-11-18(12-10-17)20(29)24-6;/h9-12,16,19H,13-15H2,1-8H3,(H,24,29)(H,25,26)(H,27,30);1H. The van der Waals surface area contributed by atoms with Gasteiger partial charge in [0.1, 0.15) is 5.60 Å². The summed E-state index contributed by atoms with van der Waals surface area (Å²) in [6.07, 6.45) is 0.367. The van der Waals surface area contributed by atoms with Crippen LogP contribution < -0.4 is 16.0 Å². The summed E-state index contributed by atoms with van der Waals surface area (Å²) in [5.74, 6) is 0.930. The Balaban J connectivity index is 0.00000961. The lowest BCUT2D eigenvalue weighted by Gasteiger charge is -2.28. The highest BCUT2D eigenvalue weighted by Gasteiger charge is 2.22. The number of hydrogen-bond donors (Lipinski definition) is 3. The molecule has 0 aromatic heterocycles. The molecular weight excluding hydrogens is 521 g/mol. The third kappa shape index (κ3) is 11.0. The number of benzene rings is 1. The van der Waals surface area contributed by atoms with Gasteiger partial charge in [0, 0.05) is 45.8 Å². The fourth-order valence-electron chi connectivity index (χ4n) is 2.95. The van der Waals surface area contributed by atoms with Gasteiger partial charge in [0.05, 0.1) is 0 Å². The molecule has 0 bridgehead atoms. The molecule has 0 aliphatic heterocycles. The summed E-state index contributed by atoms with van der Waals surface area (Å²) < 4.78 is 5.39. The van der Waals surface area contributed by atoms with Gasteiger partial charge in [-0.3, -0.25) is 9.79 Å². The molecule has 9 heteroatoms. The van der Waals surface area contributed by atoms with Gasteiger partial charge in [-0.1, -0.05) is 26.0 Å². The zero-order chi connectivity index (χ0) is 23.6. The fraction of sp³-hybridized carbons (Fsp3) is 0.609. The Kier molecular flexibility index (Phi) is 13.3. The second-order valence-electron chi connectivity index (χ2n) is 8.88. The molecule has 1 atom stereocenters. The van der Waals surface area contributed by atoms with Gasteiger partial charge in [-0.2, -0.15) is 0 Å². The molecule has 0 spiro atoms. The normalized spacial score (nSPS) is 12.5. The molecule has 0 fully saturated rings. The first-order chi connectivity index (χ1) is 14.5. The Morgan fingerprint density at radius 3 is 2.22 bits per heavy atom. The smallest absolute Gasteiger partial charge is 0.407 e. The summed E-state index contributed by atoms with van der Waals surface area (Å²) in [6, 6.07) is 7.44. The van der Waals surface area contributed by atoms with Crippen LogP contribution in [-0.2, 0) is 11.3 Å². The summed E-state index contributed by atoms with van der Waals surface area (Å²) in [5, 5.41) is 8.93. The molecule has 3 N–H and O–H groups in total. The average molecular weight is 562 g/mol. The SMILES string of the molecule is CN=C(NCc1ccc(C(=O)NC)cc1)N(C)CCC(NC(=O)OC(C)(C)C)C(C)C.I. The number of guanidine groups is 1. The number of alkyl carbamates (subject to hydrolysis) is 1. The van der Waals surface area contributed by atoms with Crippen molar-refractivity contribution in [3.05, 3.63) is 35.4 Å². The van der Waals surface area contributed by atoms with E-state index in [9.17, 15) is 9.59 Å². The van der Waals surface area contributed by atoms with Gasteiger partial charge in [-0.25, -0.2) is 4.79 Å². The predicted molar refractivity (Wildman–Crippen MR) is 141 cm³/mol. The Hall–Kier alpha value is -2.04. The van der Waals surface area contributed by atoms with Crippen molar-refractivity contribution in [3.63, 3.8) is 0 Å². The van der Waals surface area contributed by atoms with Crippen LogP contribution in [0.4, 0.5) is 4.79 Å². The second kappa shape index (κ2) is 14.2. The van der Waals surface area contributed by atoms with Crippen molar-refractivity contribution >= 4 is 41.9 Å². The molecule has 0 aliphatic rings. The molecule has 2 amide bonds. The molecule has 8 nitrogen and oxygen atoms in total. The van der Waals surface area contributed by atoms with Crippen LogP contribution in [0.2, 0.25) is 0 Å². The molecule has 0 heterocycles. The lowest BCUT2D eigenvalue weighted by Crippen LogP contribution is -2.45. The molecular formula is C23H40IN5O3. The van der Waals surface area contributed by atoms with Crippen LogP contribution in [0.3, 0.4) is 0 Å². The first-order valence-electron chi connectivity index (χ1n) is 10.7. The zero-order valence-electron chi connectivity index (χ0n) is 20.6. The number of rotatable bonds is 8. The molecule has 0 saturated heterocycles. The molecule has 0 aliphatic carbocycles. The van der Waals surface area contributed by atoms with Crippen LogP contribution in [0.1, 0.15) is 57.0 Å². The lowest BCUT2D eigenvalue weighted by atomic mass is 10.0. The van der Waals surface area contributed by atoms with Crippen molar-refractivity contribution in [2.45, 2.75) is 59.2 Å². The Bertz CT molecular complexity index is 745. The highest BCUT2D eigenvalue weighted by atomic mass is 127. The van der Waals surface area contributed by atoms with E-state index in [-0.39, 0.29) is 41.8 Å². The lowest BCUT2D eigenvalue weighted by molar-refractivity contribution is 0.0485. The number of amides is 2. The first kappa shape index (κ1) is 30.0. The summed E-state index contributed by atoms with van der Waals surface area (Å²) in [5.41, 5.74) is 1.16. The first-order valence-corrected chi connectivity index (χ1v) is 10.7. The quantitative estimate of drug-likeness (QED) is 0.256. The third-order valence-corrected chi connectivity index (χ3v) is 4.75. The van der Waals surface area contributed by atoms with Crippen molar-refractivity contribution in [2.75, 3.05) is 27.7 Å². The molecule has 1 aromatic carbocycles. The number of carbonyl (C=O) groups excluding carboxylic acids is 2. The maximum Gasteiger partial charge on any atom is 0.407 e. The van der Waals surface area contributed by atoms with Crippen molar-refractivity contribution in [2.24, 2.45) is 10.9 Å². The fourth-order valence-corrected chi connectivity index (χ4v) is 2.95. The monoisotopic (exact) mass is 561 g/mol. The van der Waals surface area contributed by atoms with Gasteiger partial charge in [-0.05, 0) is 50.8 Å². The zero-order valence-corrected chi connectivity index (χ0v) is 22.9. The van der Waals surface area contributed by atoms with E-state index in [4.69, 9.17) is 4.74 Å². The van der Waals surface area contributed by atoms with Gasteiger partial charge >= 0.3 is 6.09 Å². The number of aliphatic imine (C=N–C) groups is 1. The van der Waals surface area contributed by atoms with Crippen molar-refractivity contribution in [1.29, 1.82) is 0 Å². The second-order valence-corrected chi connectivity index (χ2v) is 8.88. The average Bonchev–Trinajstić information content (AvgIpc) is 2.69. The van der Waals surface area contributed by atoms with E-state index >= 15 is 0 Å². The minimum absolute atomic E-state index is 0. The molecule has 0 radical (unpaired) electrons. The predicted octanol–water partition coefficient (Wildman–Crippen LogP) is 3.61. The highest BCUT2D eigenvalue weighted by molar-refractivity contribution is 14.0. The van der Waals surface area contributed by atoms with Gasteiger partial charge in [0.2, 0.25) is 0 Å². The molecule has 1 rings (SSSR count). The van der Waals surface area contributed by atoms with Crippen LogP contribution in [0.5, 0.6) is 0 Å². The molecule has 1 aromatic rings. The number of ether oxygens (including phenoxy) is 1. The molecule has 0 saturated carbocycles. The van der Waals surface area contributed by atoms with Crippen LogP contribution >= 0.6 is 24.0 Å². The minimum Gasteiger partial charge on any atom is -0.444 e. The molecule has 1 unspecified atom stereocenters. The van der Waals surface area contributed by atoms with Crippen molar-refractivity contribution in [3.8, 4) is 0 Å². The van der Waals surface area contributed by atoms with Crippen molar-refractivity contribution < 1.29 is 14.3 Å². The van der Waals surface area contributed by atoms with Crippen LogP contribution in [0.15, 0.2) is 29.3 Å². The Labute approximate surface area is 210 Å². The maximum absolute atomic E-state index is 12.1. The highest BCUT2D eigenvalue weighted by Crippen LogP contribution is 2.11. The van der Waals surface area contributed by atoms with Gasteiger partial charge in [0.15, 0.2) is 5.96 Å². The van der Waals surface area contributed by atoms with E-state index in [0.29, 0.717) is 18.7 Å². The van der Waals surface area contributed by atoms with Crippen LogP contribution in [0.25, 0.3) is 0 Å². The van der Waals surface area contributed by atoms with Crippen LogP contribution in [0, 0.1) is 5.92 Å². The minimum atomic E-state index is -0.521. The maximum atomic E-state index is 12.1. The number of carbonyl (C=O) groups is 2. The van der Waals surface area contributed by atoms with E-state index in [0.717, 1.165) is 17.9 Å². The summed E-state index contributed by atoms with van der Waals surface area (Å²) >= 11 is 0. The number of halogens is 1. The van der Waals surface area contributed by atoms with E-state index in [1.807, 2.05) is 44.9 Å². The van der Waals surface area contributed by atoms with E-state index in [1.54, 1.807) is 26.2 Å². The van der Waals surface area contributed by atoms with E-state index in [2.05, 4.69) is 34.8 Å². The Morgan fingerprint density at radius 1 is 1.16 bits per heavy atom. The van der Waals surface area contributed by atoms with Gasteiger partial charge in [0.25, 0.3) is 5.91 Å². The van der Waals surface area contributed by atoms with Gasteiger partial charge in [-0.15, -0.1) is 24.0 Å².